The van der Waals surface area contributed by atoms with Crippen molar-refractivity contribution in [2.24, 2.45) is 0 Å². The van der Waals surface area contributed by atoms with Crippen molar-refractivity contribution in [3.8, 4) is 0 Å². The lowest BCUT2D eigenvalue weighted by Crippen LogP contribution is -2.36. The van der Waals surface area contributed by atoms with Crippen molar-refractivity contribution in [2.45, 2.75) is 38.8 Å². The Hall–Kier alpha value is -2.30. The molecule has 2 heterocycles. The second-order valence-electron chi connectivity index (χ2n) is 6.96. The lowest BCUT2D eigenvalue weighted by molar-refractivity contribution is 0.0293. The monoisotopic (exact) mass is 313 g/mol. The highest BCUT2D eigenvalue weighted by Gasteiger charge is 2.29. The van der Waals surface area contributed by atoms with E-state index in [0.29, 0.717) is 13.1 Å². The third kappa shape index (κ3) is 3.73. The lowest BCUT2D eigenvalue weighted by Gasteiger charge is -2.24. The molecule has 122 valence electrons. The van der Waals surface area contributed by atoms with E-state index in [1.54, 1.807) is 4.90 Å². The van der Waals surface area contributed by atoms with Crippen molar-refractivity contribution < 1.29 is 9.53 Å². The molecule has 2 aromatic rings. The van der Waals surface area contributed by atoms with E-state index >= 15 is 0 Å². The van der Waals surface area contributed by atoms with Gasteiger partial charge in [-0.1, -0.05) is 24.3 Å². The van der Waals surface area contributed by atoms with Crippen LogP contribution in [0.25, 0.3) is 10.8 Å². The van der Waals surface area contributed by atoms with Gasteiger partial charge in [0.15, 0.2) is 0 Å². The van der Waals surface area contributed by atoms with E-state index < -0.39 is 5.60 Å². The summed E-state index contributed by atoms with van der Waals surface area (Å²) >= 11 is 0. The molecule has 1 atom stereocenters. The number of nitrogens with zero attached hydrogens (tertiary/aromatic N) is 2. The molecule has 0 radical (unpaired) electrons. The van der Waals surface area contributed by atoms with Crippen LogP contribution in [-0.4, -0.2) is 40.7 Å². The molecule has 1 N–H and O–H groups in total. The van der Waals surface area contributed by atoms with Crippen molar-refractivity contribution in [2.75, 3.05) is 18.4 Å². The number of hydrogen-bond acceptors (Lipinski definition) is 4. The largest absolute Gasteiger partial charge is 0.444 e. The summed E-state index contributed by atoms with van der Waals surface area (Å²) < 4.78 is 5.44. The fraction of sp³-hybridized carbons (Fsp3) is 0.444. The molecular weight excluding hydrogens is 290 g/mol. The summed E-state index contributed by atoms with van der Waals surface area (Å²) in [6.45, 7) is 7.03. The number of rotatable bonds is 2. The molecule has 1 amide bonds. The van der Waals surface area contributed by atoms with Crippen molar-refractivity contribution in [3.63, 3.8) is 0 Å². The van der Waals surface area contributed by atoms with E-state index in [9.17, 15) is 4.79 Å². The number of amides is 1. The second-order valence-corrected chi connectivity index (χ2v) is 6.96. The first-order valence-electron chi connectivity index (χ1n) is 7.99. The number of ether oxygens (including phenoxy) is 1. The van der Waals surface area contributed by atoms with Crippen LogP contribution in [0.1, 0.15) is 27.2 Å². The predicted molar refractivity (Wildman–Crippen MR) is 91.6 cm³/mol. The third-order valence-corrected chi connectivity index (χ3v) is 3.87. The molecule has 5 nitrogen and oxygen atoms in total. The van der Waals surface area contributed by atoms with Gasteiger partial charge in [0.25, 0.3) is 0 Å². The number of fused-ring (bicyclic) bond motifs is 1. The van der Waals surface area contributed by atoms with Crippen molar-refractivity contribution in [3.05, 3.63) is 36.7 Å². The maximum atomic E-state index is 12.1. The molecule has 1 saturated heterocycles. The minimum absolute atomic E-state index is 0.218. The van der Waals surface area contributed by atoms with Crippen molar-refractivity contribution in [1.82, 2.24) is 9.88 Å². The molecular formula is C18H23N3O2. The number of carbonyl (C=O) groups excluding carboxylic acids is 1. The Labute approximate surface area is 136 Å². The summed E-state index contributed by atoms with van der Waals surface area (Å²) in [6, 6.07) is 8.38. The predicted octanol–water partition coefficient (Wildman–Crippen LogP) is 3.66. The van der Waals surface area contributed by atoms with E-state index in [4.69, 9.17) is 4.74 Å². The topological polar surface area (TPSA) is 54.5 Å². The van der Waals surface area contributed by atoms with Crippen LogP contribution in [0.2, 0.25) is 0 Å². The number of hydrogen-bond donors (Lipinski definition) is 1. The first-order chi connectivity index (χ1) is 10.9. The zero-order valence-corrected chi connectivity index (χ0v) is 13.9. The number of carbonyl (C=O) groups is 1. The Morgan fingerprint density at radius 2 is 2.09 bits per heavy atom. The SMILES string of the molecule is CC(C)(C)OC(=O)N1CCC(Nc2cncc3ccccc23)C1. The summed E-state index contributed by atoms with van der Waals surface area (Å²) in [5.41, 5.74) is 0.557. The quantitative estimate of drug-likeness (QED) is 0.919. The van der Waals surface area contributed by atoms with Crippen LogP contribution in [0.15, 0.2) is 36.7 Å². The minimum Gasteiger partial charge on any atom is -0.444 e. The molecule has 3 rings (SSSR count). The number of benzene rings is 1. The van der Waals surface area contributed by atoms with Crippen LogP contribution >= 0.6 is 0 Å². The first kappa shape index (κ1) is 15.6. The van der Waals surface area contributed by atoms with E-state index in [1.165, 1.54) is 0 Å². The van der Waals surface area contributed by atoms with Crippen LogP contribution in [0.5, 0.6) is 0 Å². The smallest absolute Gasteiger partial charge is 0.410 e. The molecule has 0 saturated carbocycles. The van der Waals surface area contributed by atoms with Gasteiger partial charge in [0.2, 0.25) is 0 Å². The molecule has 23 heavy (non-hydrogen) atoms. The zero-order chi connectivity index (χ0) is 16.4. The number of pyridine rings is 1. The average Bonchev–Trinajstić information content (AvgIpc) is 2.95. The number of aromatic nitrogens is 1. The Balaban J connectivity index is 1.67. The molecule has 0 spiro atoms. The van der Waals surface area contributed by atoms with Gasteiger partial charge in [0.1, 0.15) is 5.60 Å². The number of anilines is 1. The molecule has 0 bridgehead atoms. The van der Waals surface area contributed by atoms with Crippen LogP contribution in [0, 0.1) is 0 Å². The van der Waals surface area contributed by atoms with Gasteiger partial charge in [0.05, 0.1) is 11.9 Å². The van der Waals surface area contributed by atoms with Crippen LogP contribution in [0.4, 0.5) is 10.5 Å². The van der Waals surface area contributed by atoms with Gasteiger partial charge < -0.3 is 15.0 Å². The maximum absolute atomic E-state index is 12.1. The molecule has 1 aliphatic heterocycles. The zero-order valence-electron chi connectivity index (χ0n) is 13.9. The summed E-state index contributed by atoms with van der Waals surface area (Å²) in [4.78, 5) is 18.2. The minimum atomic E-state index is -0.456. The molecule has 1 aromatic heterocycles. The van der Waals surface area contributed by atoms with E-state index in [1.807, 2.05) is 45.3 Å². The molecule has 1 fully saturated rings. The highest BCUT2D eigenvalue weighted by atomic mass is 16.6. The molecule has 1 aromatic carbocycles. The van der Waals surface area contributed by atoms with Gasteiger partial charge in [0, 0.05) is 36.1 Å². The van der Waals surface area contributed by atoms with Crippen LogP contribution in [0.3, 0.4) is 0 Å². The molecule has 0 aliphatic carbocycles. The van der Waals surface area contributed by atoms with Crippen molar-refractivity contribution >= 4 is 22.6 Å². The molecule has 5 heteroatoms. The van der Waals surface area contributed by atoms with E-state index in [0.717, 1.165) is 22.9 Å². The number of likely N-dealkylation sites (tertiary alicyclic amines) is 1. The first-order valence-corrected chi connectivity index (χ1v) is 7.99. The summed E-state index contributed by atoms with van der Waals surface area (Å²) in [5, 5.41) is 5.78. The molecule has 1 unspecified atom stereocenters. The fourth-order valence-corrected chi connectivity index (χ4v) is 2.82. The second kappa shape index (κ2) is 6.07. The van der Waals surface area contributed by atoms with Crippen LogP contribution < -0.4 is 5.32 Å². The maximum Gasteiger partial charge on any atom is 0.410 e. The van der Waals surface area contributed by atoms with E-state index in [-0.39, 0.29) is 12.1 Å². The van der Waals surface area contributed by atoms with Gasteiger partial charge in [-0.2, -0.15) is 0 Å². The highest BCUT2D eigenvalue weighted by Crippen LogP contribution is 2.24. The van der Waals surface area contributed by atoms with E-state index in [2.05, 4.69) is 22.4 Å². The Kier molecular flexibility index (Phi) is 4.11. The normalized spacial score (nSPS) is 18.2. The number of nitrogens with one attached hydrogen (secondary N) is 1. The molecule has 1 aliphatic rings. The average molecular weight is 313 g/mol. The van der Waals surface area contributed by atoms with Gasteiger partial charge in [-0.25, -0.2) is 4.79 Å². The Bertz CT molecular complexity index is 703. The van der Waals surface area contributed by atoms with Crippen molar-refractivity contribution in [1.29, 1.82) is 0 Å². The standard InChI is InChI=1S/C18H23N3O2/c1-18(2,3)23-17(22)21-9-8-14(12-21)20-16-11-19-10-13-6-4-5-7-15(13)16/h4-7,10-11,14,20H,8-9,12H2,1-3H3. The summed E-state index contributed by atoms with van der Waals surface area (Å²) in [5.74, 6) is 0. The lowest BCUT2D eigenvalue weighted by atomic mass is 10.1. The van der Waals surface area contributed by atoms with Gasteiger partial charge in [-0.3, -0.25) is 4.98 Å². The fourth-order valence-electron chi connectivity index (χ4n) is 2.82. The van der Waals surface area contributed by atoms with Gasteiger partial charge in [-0.15, -0.1) is 0 Å². The Morgan fingerprint density at radius 1 is 1.30 bits per heavy atom. The highest BCUT2D eigenvalue weighted by molar-refractivity contribution is 5.92. The summed E-state index contributed by atoms with van der Waals surface area (Å²) in [7, 11) is 0. The van der Waals surface area contributed by atoms with Gasteiger partial charge in [-0.05, 0) is 27.2 Å². The van der Waals surface area contributed by atoms with Crippen LogP contribution in [-0.2, 0) is 4.74 Å². The third-order valence-electron chi connectivity index (χ3n) is 3.87. The van der Waals surface area contributed by atoms with Gasteiger partial charge >= 0.3 is 6.09 Å². The summed E-state index contributed by atoms with van der Waals surface area (Å²) in [6.07, 6.45) is 4.38. The Morgan fingerprint density at radius 3 is 2.87 bits per heavy atom.